The first-order chi connectivity index (χ1) is 7.34. The normalized spacial score (nSPS) is 11.2. The molecule has 0 fully saturated rings. The minimum Gasteiger partial charge on any atom is -0.307 e. The van der Waals surface area contributed by atoms with Gasteiger partial charge >= 0.3 is 0 Å². The molecule has 0 aromatic carbocycles. The van der Waals surface area contributed by atoms with E-state index < -0.39 is 15.3 Å². The van der Waals surface area contributed by atoms with Gasteiger partial charge in [0.2, 0.25) is 9.70 Å². The molecule has 1 heterocycles. The molecule has 16 heavy (non-hydrogen) atoms. The van der Waals surface area contributed by atoms with Crippen molar-refractivity contribution in [3.05, 3.63) is 27.9 Å². The Hall–Kier alpha value is -0.820. The number of aromatic amines is 1. The zero-order valence-electron chi connectivity index (χ0n) is 7.76. The summed E-state index contributed by atoms with van der Waals surface area (Å²) < 4.78 is -1.81. The van der Waals surface area contributed by atoms with E-state index in [1.165, 1.54) is 0 Å². The first-order valence-electron chi connectivity index (χ1n) is 3.99. The molecule has 0 radical (unpaired) electrons. The van der Waals surface area contributed by atoms with Crippen molar-refractivity contribution in [3.63, 3.8) is 0 Å². The van der Waals surface area contributed by atoms with Gasteiger partial charge in [0.05, 0.1) is 6.42 Å². The lowest BCUT2D eigenvalue weighted by Crippen LogP contribution is -2.33. The number of H-pyrrole nitrogens is 1. The second-order valence-corrected chi connectivity index (χ2v) is 5.11. The molecule has 1 amide bonds. The number of nitrogens with one attached hydrogen (secondary N) is 2. The molecule has 0 bridgehead atoms. The highest BCUT2D eigenvalue weighted by atomic mass is 35.6. The molecular weight excluding hydrogens is 278 g/mol. The van der Waals surface area contributed by atoms with E-state index in [1.807, 2.05) is 5.43 Å². The van der Waals surface area contributed by atoms with Gasteiger partial charge in [-0.3, -0.25) is 15.0 Å². The van der Waals surface area contributed by atoms with Crippen molar-refractivity contribution >= 4 is 40.7 Å². The number of nitrogens with zero attached hydrogens (tertiary/aromatic N) is 1. The molecule has 0 unspecified atom stereocenters. The van der Waals surface area contributed by atoms with Crippen LogP contribution in [-0.2, 0) is 15.0 Å². The van der Waals surface area contributed by atoms with Crippen LogP contribution < -0.4 is 16.8 Å². The predicted molar refractivity (Wildman–Crippen MR) is 60.1 cm³/mol. The molecule has 1 rings (SSSR count). The number of nitrogens with two attached hydrogens (primary N) is 1. The van der Waals surface area contributed by atoms with E-state index in [9.17, 15) is 9.59 Å². The maximum Gasteiger partial charge on any atom is 0.254 e. The third-order valence-corrected chi connectivity index (χ3v) is 2.19. The van der Waals surface area contributed by atoms with E-state index >= 15 is 0 Å². The van der Waals surface area contributed by atoms with Crippen LogP contribution in [0.4, 0.5) is 0 Å². The number of amides is 1. The fourth-order valence-electron chi connectivity index (χ4n) is 0.915. The number of halogens is 3. The van der Waals surface area contributed by atoms with Gasteiger partial charge in [-0.1, -0.05) is 34.8 Å². The van der Waals surface area contributed by atoms with Crippen molar-refractivity contribution in [2.75, 3.05) is 0 Å². The average molecular weight is 286 g/mol. The Morgan fingerprint density at radius 1 is 1.56 bits per heavy atom. The Balaban J connectivity index is 3.01. The van der Waals surface area contributed by atoms with Gasteiger partial charge in [0.15, 0.2) is 5.82 Å². The fraction of sp³-hybridized carbons (Fsp3) is 0.286. The Morgan fingerprint density at radius 2 is 2.19 bits per heavy atom. The van der Waals surface area contributed by atoms with Gasteiger partial charge < -0.3 is 4.98 Å². The summed E-state index contributed by atoms with van der Waals surface area (Å²) in [7, 11) is 0. The molecule has 1 aromatic rings. The summed E-state index contributed by atoms with van der Waals surface area (Å²) >= 11 is 16.5. The first kappa shape index (κ1) is 13.2. The molecule has 0 aliphatic heterocycles. The molecule has 9 heteroatoms. The molecular formula is C7H7Cl3N4O2. The number of hydrogen-bond acceptors (Lipinski definition) is 4. The highest BCUT2D eigenvalue weighted by Crippen LogP contribution is 2.34. The van der Waals surface area contributed by atoms with Crippen LogP contribution in [0.15, 0.2) is 11.0 Å². The van der Waals surface area contributed by atoms with Gasteiger partial charge in [-0.15, -0.1) is 0 Å². The summed E-state index contributed by atoms with van der Waals surface area (Å²) in [6.45, 7) is 0. The van der Waals surface area contributed by atoms with Gasteiger partial charge in [0.25, 0.3) is 5.56 Å². The molecule has 88 valence electrons. The summed E-state index contributed by atoms with van der Waals surface area (Å²) in [5.74, 6) is 4.24. The SMILES string of the molecule is NNC(=O)Cc1cnc(C(Cl)(Cl)Cl)[nH]c1=O. The summed E-state index contributed by atoms with van der Waals surface area (Å²) in [6, 6.07) is 0. The highest BCUT2D eigenvalue weighted by molar-refractivity contribution is 6.66. The Kier molecular flexibility index (Phi) is 4.15. The van der Waals surface area contributed by atoms with E-state index in [4.69, 9.17) is 40.6 Å². The number of carbonyl (C=O) groups excluding carboxylic acids is 1. The summed E-state index contributed by atoms with van der Waals surface area (Å²) in [5.41, 5.74) is 1.46. The van der Waals surface area contributed by atoms with E-state index in [2.05, 4.69) is 9.97 Å². The Labute approximate surface area is 105 Å². The molecule has 0 saturated heterocycles. The number of hydrazine groups is 1. The Morgan fingerprint density at radius 3 is 2.62 bits per heavy atom. The van der Waals surface area contributed by atoms with Crippen LogP contribution in [0.3, 0.4) is 0 Å². The predicted octanol–water partition coefficient (Wildman–Crippen LogP) is 0.129. The summed E-state index contributed by atoms with van der Waals surface area (Å²) in [5, 5.41) is 0. The zero-order valence-corrected chi connectivity index (χ0v) is 10.0. The lowest BCUT2D eigenvalue weighted by molar-refractivity contribution is -0.120. The molecule has 6 nitrogen and oxygen atoms in total. The third-order valence-electron chi connectivity index (χ3n) is 1.65. The number of alkyl halides is 3. The lowest BCUT2D eigenvalue weighted by Gasteiger charge is -2.09. The number of aromatic nitrogens is 2. The van der Waals surface area contributed by atoms with Crippen LogP contribution in [-0.4, -0.2) is 15.9 Å². The van der Waals surface area contributed by atoms with Crippen molar-refractivity contribution in [2.24, 2.45) is 5.84 Å². The average Bonchev–Trinajstić information content (AvgIpc) is 2.19. The van der Waals surface area contributed by atoms with E-state index in [-0.39, 0.29) is 17.8 Å². The van der Waals surface area contributed by atoms with Crippen molar-refractivity contribution < 1.29 is 4.79 Å². The molecule has 0 saturated carbocycles. The zero-order chi connectivity index (χ0) is 12.3. The van der Waals surface area contributed by atoms with Gasteiger partial charge in [0.1, 0.15) is 0 Å². The van der Waals surface area contributed by atoms with E-state index in [0.717, 1.165) is 6.20 Å². The standard InChI is InChI=1S/C7H7Cl3N4O2/c8-7(9,10)6-12-2-3(5(16)13-6)1-4(15)14-11/h2H,1,11H2,(H,14,15)(H,12,13,16). The molecule has 4 N–H and O–H groups in total. The minimum absolute atomic E-state index is 0.112. The Bertz CT molecular complexity index is 454. The van der Waals surface area contributed by atoms with Crippen LogP contribution in [0.5, 0.6) is 0 Å². The minimum atomic E-state index is -1.81. The second kappa shape index (κ2) is 5.01. The molecule has 1 aromatic heterocycles. The van der Waals surface area contributed by atoms with Crippen LogP contribution in [0.25, 0.3) is 0 Å². The number of hydrogen-bond donors (Lipinski definition) is 3. The largest absolute Gasteiger partial charge is 0.307 e. The highest BCUT2D eigenvalue weighted by Gasteiger charge is 2.26. The number of carbonyl (C=O) groups is 1. The van der Waals surface area contributed by atoms with E-state index in [1.54, 1.807) is 0 Å². The van der Waals surface area contributed by atoms with Gasteiger partial charge in [-0.25, -0.2) is 10.8 Å². The fourth-order valence-corrected chi connectivity index (χ4v) is 1.20. The van der Waals surface area contributed by atoms with Crippen LogP contribution in [0, 0.1) is 0 Å². The maximum atomic E-state index is 11.4. The molecule has 0 spiro atoms. The lowest BCUT2D eigenvalue weighted by atomic mass is 10.2. The van der Waals surface area contributed by atoms with Gasteiger partial charge in [-0.05, 0) is 0 Å². The third kappa shape index (κ3) is 3.34. The van der Waals surface area contributed by atoms with Crippen molar-refractivity contribution in [3.8, 4) is 0 Å². The molecule has 0 aliphatic rings. The van der Waals surface area contributed by atoms with Crippen LogP contribution >= 0.6 is 34.8 Å². The van der Waals surface area contributed by atoms with Crippen molar-refractivity contribution in [2.45, 2.75) is 10.2 Å². The molecule has 0 atom stereocenters. The van der Waals surface area contributed by atoms with Crippen molar-refractivity contribution in [1.82, 2.24) is 15.4 Å². The van der Waals surface area contributed by atoms with E-state index in [0.29, 0.717) is 0 Å². The summed E-state index contributed by atoms with van der Waals surface area (Å²) in [6.07, 6.45) is 0.963. The summed E-state index contributed by atoms with van der Waals surface area (Å²) in [4.78, 5) is 28.4. The van der Waals surface area contributed by atoms with Gasteiger partial charge in [0, 0.05) is 11.8 Å². The topological polar surface area (TPSA) is 101 Å². The monoisotopic (exact) mass is 284 g/mol. The van der Waals surface area contributed by atoms with Crippen LogP contribution in [0.1, 0.15) is 11.4 Å². The smallest absolute Gasteiger partial charge is 0.254 e. The van der Waals surface area contributed by atoms with Crippen LogP contribution in [0.2, 0.25) is 0 Å². The van der Waals surface area contributed by atoms with Crippen molar-refractivity contribution in [1.29, 1.82) is 0 Å². The second-order valence-electron chi connectivity index (χ2n) is 2.83. The van der Waals surface area contributed by atoms with Gasteiger partial charge in [-0.2, -0.15) is 0 Å². The maximum absolute atomic E-state index is 11.4. The quantitative estimate of drug-likeness (QED) is 0.311. The first-order valence-corrected chi connectivity index (χ1v) is 5.13. The number of rotatable bonds is 2. The molecule has 0 aliphatic carbocycles.